The maximum atomic E-state index is 6.44. The van der Waals surface area contributed by atoms with E-state index in [9.17, 15) is 0 Å². The van der Waals surface area contributed by atoms with E-state index in [1.54, 1.807) is 17.5 Å². The molecule has 4 rings (SSSR count). The summed E-state index contributed by atoms with van der Waals surface area (Å²) in [5.41, 5.74) is 1.90. The molecule has 146 valence electrons. The quantitative estimate of drug-likeness (QED) is 0.569. The Bertz CT molecular complexity index is 736. The number of hydrogen-bond donors (Lipinski definition) is 2. The molecule has 2 N–H and O–H groups in total. The third-order valence-corrected chi connectivity index (χ3v) is 6.96. The SMILES string of the molecule is Clc1cnc(NC2CCCCC2)cc1-c1csc(NCC2CCCCC2)n1. The Morgan fingerprint density at radius 2 is 1.78 bits per heavy atom. The molecule has 2 saturated carbocycles. The molecule has 0 radical (unpaired) electrons. The van der Waals surface area contributed by atoms with Crippen molar-refractivity contribution >= 4 is 33.9 Å². The highest BCUT2D eigenvalue weighted by molar-refractivity contribution is 7.14. The first-order chi connectivity index (χ1) is 13.3. The molecule has 2 aliphatic rings. The van der Waals surface area contributed by atoms with E-state index in [-0.39, 0.29) is 0 Å². The third kappa shape index (κ3) is 5.14. The predicted molar refractivity (Wildman–Crippen MR) is 116 cm³/mol. The fraction of sp³-hybridized carbons (Fsp3) is 0.619. The summed E-state index contributed by atoms with van der Waals surface area (Å²) >= 11 is 8.10. The minimum Gasteiger partial charge on any atom is -0.367 e. The van der Waals surface area contributed by atoms with Crippen molar-refractivity contribution in [2.24, 2.45) is 5.92 Å². The van der Waals surface area contributed by atoms with Gasteiger partial charge >= 0.3 is 0 Å². The lowest BCUT2D eigenvalue weighted by Gasteiger charge is -2.23. The molecule has 0 spiro atoms. The van der Waals surface area contributed by atoms with Crippen molar-refractivity contribution in [1.82, 2.24) is 9.97 Å². The zero-order valence-electron chi connectivity index (χ0n) is 15.8. The zero-order valence-corrected chi connectivity index (χ0v) is 17.4. The molecule has 0 unspecified atom stereocenters. The lowest BCUT2D eigenvalue weighted by molar-refractivity contribution is 0.373. The van der Waals surface area contributed by atoms with Gasteiger partial charge in [-0.25, -0.2) is 9.97 Å². The number of thiazole rings is 1. The van der Waals surface area contributed by atoms with Gasteiger partial charge in [0.25, 0.3) is 0 Å². The molecule has 0 aliphatic heterocycles. The monoisotopic (exact) mass is 404 g/mol. The molecule has 0 atom stereocenters. The van der Waals surface area contributed by atoms with Gasteiger partial charge in [0, 0.05) is 29.7 Å². The number of rotatable bonds is 6. The molecule has 2 aliphatic carbocycles. The van der Waals surface area contributed by atoms with Gasteiger partial charge in [0.05, 0.1) is 10.7 Å². The summed E-state index contributed by atoms with van der Waals surface area (Å²) in [5, 5.41) is 10.9. The molecule has 2 aromatic heterocycles. The normalized spacial score (nSPS) is 19.1. The number of nitrogens with one attached hydrogen (secondary N) is 2. The van der Waals surface area contributed by atoms with Gasteiger partial charge < -0.3 is 10.6 Å². The van der Waals surface area contributed by atoms with Crippen molar-refractivity contribution < 1.29 is 0 Å². The van der Waals surface area contributed by atoms with Crippen LogP contribution in [0.25, 0.3) is 11.3 Å². The Kier molecular flexibility index (Phi) is 6.51. The van der Waals surface area contributed by atoms with Gasteiger partial charge in [-0.1, -0.05) is 50.1 Å². The fourth-order valence-corrected chi connectivity index (χ4v) is 5.19. The summed E-state index contributed by atoms with van der Waals surface area (Å²) in [7, 11) is 0. The van der Waals surface area contributed by atoms with Crippen LogP contribution < -0.4 is 10.6 Å². The van der Waals surface area contributed by atoms with E-state index in [4.69, 9.17) is 16.6 Å². The molecule has 0 bridgehead atoms. The van der Waals surface area contributed by atoms with E-state index in [1.165, 1.54) is 64.2 Å². The summed E-state index contributed by atoms with van der Waals surface area (Å²) in [5.74, 6) is 1.70. The Hall–Kier alpha value is -1.33. The summed E-state index contributed by atoms with van der Waals surface area (Å²) in [6, 6.07) is 2.58. The number of halogens is 1. The van der Waals surface area contributed by atoms with E-state index < -0.39 is 0 Å². The third-order valence-electron chi connectivity index (χ3n) is 5.86. The Morgan fingerprint density at radius 3 is 2.56 bits per heavy atom. The summed E-state index contributed by atoms with van der Waals surface area (Å²) in [6.07, 6.45) is 15.0. The van der Waals surface area contributed by atoms with Crippen LogP contribution in [-0.4, -0.2) is 22.6 Å². The molecule has 6 heteroatoms. The summed E-state index contributed by atoms with van der Waals surface area (Å²) in [4.78, 5) is 9.26. The molecule has 4 nitrogen and oxygen atoms in total. The van der Waals surface area contributed by atoms with Crippen LogP contribution in [0.2, 0.25) is 5.02 Å². The highest BCUT2D eigenvalue weighted by Gasteiger charge is 2.17. The topological polar surface area (TPSA) is 49.8 Å². The Labute approximate surface area is 171 Å². The number of aromatic nitrogens is 2. The highest BCUT2D eigenvalue weighted by Crippen LogP contribution is 2.33. The highest BCUT2D eigenvalue weighted by atomic mass is 35.5. The van der Waals surface area contributed by atoms with Gasteiger partial charge in [-0.3, -0.25) is 0 Å². The van der Waals surface area contributed by atoms with Crippen LogP contribution in [-0.2, 0) is 0 Å². The lowest BCUT2D eigenvalue weighted by Crippen LogP contribution is -2.22. The van der Waals surface area contributed by atoms with Crippen molar-refractivity contribution in [2.75, 3.05) is 17.2 Å². The first kappa shape index (κ1) is 19.0. The van der Waals surface area contributed by atoms with Crippen molar-refractivity contribution in [2.45, 2.75) is 70.3 Å². The maximum Gasteiger partial charge on any atom is 0.183 e. The number of pyridine rings is 1. The van der Waals surface area contributed by atoms with E-state index in [0.29, 0.717) is 11.1 Å². The second-order valence-corrected chi connectivity index (χ2v) is 9.22. The first-order valence-electron chi connectivity index (χ1n) is 10.4. The average Bonchev–Trinajstić information content (AvgIpc) is 3.18. The van der Waals surface area contributed by atoms with E-state index in [2.05, 4.69) is 27.1 Å². The Balaban J connectivity index is 1.41. The second kappa shape index (κ2) is 9.24. The van der Waals surface area contributed by atoms with Gasteiger partial charge in [-0.15, -0.1) is 11.3 Å². The smallest absolute Gasteiger partial charge is 0.183 e. The molecule has 2 fully saturated rings. The molecule has 0 amide bonds. The van der Waals surface area contributed by atoms with Crippen LogP contribution in [0.1, 0.15) is 64.2 Å². The lowest BCUT2D eigenvalue weighted by atomic mass is 9.89. The van der Waals surface area contributed by atoms with Crippen LogP contribution in [0.5, 0.6) is 0 Å². The minimum atomic E-state index is 0.531. The average molecular weight is 405 g/mol. The van der Waals surface area contributed by atoms with Crippen LogP contribution in [0.4, 0.5) is 10.9 Å². The van der Waals surface area contributed by atoms with E-state index >= 15 is 0 Å². The zero-order chi connectivity index (χ0) is 18.5. The van der Waals surface area contributed by atoms with Crippen LogP contribution in [0.15, 0.2) is 17.6 Å². The van der Waals surface area contributed by atoms with Gasteiger partial charge in [0.2, 0.25) is 0 Å². The molecule has 2 aromatic rings. The van der Waals surface area contributed by atoms with Crippen molar-refractivity contribution in [3.8, 4) is 11.3 Å². The largest absolute Gasteiger partial charge is 0.367 e. The van der Waals surface area contributed by atoms with Gasteiger partial charge in [-0.2, -0.15) is 0 Å². The molecule has 27 heavy (non-hydrogen) atoms. The van der Waals surface area contributed by atoms with Gasteiger partial charge in [0.1, 0.15) is 5.82 Å². The maximum absolute atomic E-state index is 6.44. The fourth-order valence-electron chi connectivity index (χ4n) is 4.27. The van der Waals surface area contributed by atoms with Crippen molar-refractivity contribution in [3.63, 3.8) is 0 Å². The number of hydrogen-bond acceptors (Lipinski definition) is 5. The van der Waals surface area contributed by atoms with E-state index in [0.717, 1.165) is 34.7 Å². The minimum absolute atomic E-state index is 0.531. The van der Waals surface area contributed by atoms with E-state index in [1.807, 2.05) is 0 Å². The molecular formula is C21H29ClN4S. The van der Waals surface area contributed by atoms with Gasteiger partial charge in [0.15, 0.2) is 5.13 Å². The van der Waals surface area contributed by atoms with Gasteiger partial charge in [-0.05, 0) is 37.7 Å². The predicted octanol–water partition coefficient (Wildman–Crippen LogP) is 6.60. The summed E-state index contributed by atoms with van der Waals surface area (Å²) < 4.78 is 0. The molecule has 0 aromatic carbocycles. The Morgan fingerprint density at radius 1 is 1.04 bits per heavy atom. The van der Waals surface area contributed by atoms with Crippen molar-refractivity contribution in [3.05, 3.63) is 22.7 Å². The van der Waals surface area contributed by atoms with Crippen LogP contribution in [0.3, 0.4) is 0 Å². The van der Waals surface area contributed by atoms with Crippen molar-refractivity contribution in [1.29, 1.82) is 0 Å². The van der Waals surface area contributed by atoms with Crippen LogP contribution in [0, 0.1) is 5.92 Å². The second-order valence-electron chi connectivity index (χ2n) is 7.95. The molecule has 0 saturated heterocycles. The summed E-state index contributed by atoms with van der Waals surface area (Å²) in [6.45, 7) is 1.03. The number of anilines is 2. The standard InChI is InChI=1S/C21H29ClN4S/c22-18-13-23-20(25-16-9-5-2-6-10-16)11-17(18)19-14-27-21(26-19)24-12-15-7-3-1-4-8-15/h11,13-16H,1-10,12H2,(H,23,25)(H,24,26). The molecular weight excluding hydrogens is 376 g/mol. The first-order valence-corrected chi connectivity index (χ1v) is 11.7. The number of nitrogens with zero attached hydrogens (tertiary/aromatic N) is 2. The molecule has 2 heterocycles. The van der Waals surface area contributed by atoms with Crippen LogP contribution >= 0.6 is 22.9 Å².